The van der Waals surface area contributed by atoms with Crippen LogP contribution in [0.4, 0.5) is 13.2 Å². The average Bonchev–Trinajstić information content (AvgIpc) is 2.97. The minimum atomic E-state index is -4.34. The topological polar surface area (TPSA) is 27.8 Å². The van der Waals surface area contributed by atoms with Crippen molar-refractivity contribution in [2.45, 2.75) is 19.0 Å². The van der Waals surface area contributed by atoms with Crippen molar-refractivity contribution in [3.8, 4) is 0 Å². The molecular formula is C14H14BrF3N2. The van der Waals surface area contributed by atoms with Gasteiger partial charge in [0.25, 0.3) is 0 Å². The molecule has 0 bridgehead atoms. The number of benzene rings is 1. The number of nitrogens with one attached hydrogen (secondary N) is 2. The molecule has 2 nitrogen and oxygen atoms in total. The zero-order chi connectivity index (χ0) is 14.3. The Morgan fingerprint density at radius 3 is 2.75 bits per heavy atom. The molecule has 1 unspecified atom stereocenters. The number of hydrogen-bond acceptors (Lipinski definition) is 1. The van der Waals surface area contributed by atoms with E-state index in [1.807, 2.05) is 0 Å². The van der Waals surface area contributed by atoms with Crippen LogP contribution in [-0.4, -0.2) is 18.1 Å². The fourth-order valence-corrected chi connectivity index (χ4v) is 3.22. The molecule has 2 aromatic rings. The van der Waals surface area contributed by atoms with Gasteiger partial charge in [0.15, 0.2) is 0 Å². The summed E-state index contributed by atoms with van der Waals surface area (Å²) >= 11 is 3.29. The molecule has 0 spiro atoms. The summed E-state index contributed by atoms with van der Waals surface area (Å²) in [6, 6.07) is 5.23. The first-order chi connectivity index (χ1) is 9.45. The summed E-state index contributed by atoms with van der Waals surface area (Å²) in [4.78, 5) is 2.54. The van der Waals surface area contributed by atoms with Crippen LogP contribution in [0.3, 0.4) is 0 Å². The molecule has 0 saturated carbocycles. The van der Waals surface area contributed by atoms with Crippen LogP contribution in [0.25, 0.3) is 10.9 Å². The van der Waals surface area contributed by atoms with Gasteiger partial charge in [0.1, 0.15) is 5.69 Å². The second kappa shape index (κ2) is 5.07. The third kappa shape index (κ3) is 2.59. The van der Waals surface area contributed by atoms with Gasteiger partial charge < -0.3 is 10.3 Å². The lowest BCUT2D eigenvalue weighted by Crippen LogP contribution is -2.14. The fourth-order valence-electron chi connectivity index (χ4n) is 2.86. The summed E-state index contributed by atoms with van der Waals surface area (Å²) in [5, 5.41) is 3.87. The van der Waals surface area contributed by atoms with Crippen molar-refractivity contribution in [1.29, 1.82) is 0 Å². The summed E-state index contributed by atoms with van der Waals surface area (Å²) in [7, 11) is 0. The maximum Gasteiger partial charge on any atom is 0.431 e. The predicted molar refractivity (Wildman–Crippen MR) is 75.7 cm³/mol. The Kier molecular flexibility index (Phi) is 3.54. The number of hydrogen-bond donors (Lipinski definition) is 2. The van der Waals surface area contributed by atoms with E-state index in [9.17, 15) is 13.2 Å². The Morgan fingerprint density at radius 2 is 2.10 bits per heavy atom. The number of rotatable bonds is 2. The molecule has 0 aliphatic carbocycles. The Balaban J connectivity index is 2.10. The van der Waals surface area contributed by atoms with Crippen molar-refractivity contribution in [1.82, 2.24) is 10.3 Å². The van der Waals surface area contributed by atoms with Crippen LogP contribution in [0, 0.1) is 5.92 Å². The fraction of sp³-hybridized carbons (Fsp3) is 0.429. The smallest absolute Gasteiger partial charge is 0.351 e. The third-order valence-electron chi connectivity index (χ3n) is 3.81. The summed E-state index contributed by atoms with van der Waals surface area (Å²) < 4.78 is 40.4. The van der Waals surface area contributed by atoms with Crippen molar-refractivity contribution < 1.29 is 13.2 Å². The first-order valence-electron chi connectivity index (χ1n) is 6.53. The lowest BCUT2D eigenvalue weighted by molar-refractivity contribution is -0.141. The quantitative estimate of drug-likeness (QED) is 0.841. The summed E-state index contributed by atoms with van der Waals surface area (Å²) in [5.74, 6) is 0.277. The van der Waals surface area contributed by atoms with E-state index in [0.29, 0.717) is 22.9 Å². The average molecular weight is 347 g/mol. The number of aromatic amines is 1. The van der Waals surface area contributed by atoms with Crippen LogP contribution in [-0.2, 0) is 12.6 Å². The first-order valence-corrected chi connectivity index (χ1v) is 7.32. The zero-order valence-electron chi connectivity index (χ0n) is 10.6. The Labute approximate surface area is 122 Å². The van der Waals surface area contributed by atoms with Crippen LogP contribution in [0.15, 0.2) is 22.7 Å². The van der Waals surface area contributed by atoms with Gasteiger partial charge in [-0.25, -0.2) is 0 Å². The molecule has 1 atom stereocenters. The molecule has 0 amide bonds. The Bertz CT molecular complexity index is 627. The SMILES string of the molecule is FC(F)(F)c1[nH]c2cc(Br)ccc2c1CC1CCNC1. The molecule has 1 saturated heterocycles. The monoisotopic (exact) mass is 346 g/mol. The van der Waals surface area contributed by atoms with E-state index in [1.54, 1.807) is 18.2 Å². The summed E-state index contributed by atoms with van der Waals surface area (Å²) in [6.45, 7) is 1.68. The van der Waals surface area contributed by atoms with Crippen LogP contribution >= 0.6 is 15.9 Å². The lowest BCUT2D eigenvalue weighted by Gasteiger charge is -2.12. The van der Waals surface area contributed by atoms with Gasteiger partial charge in [0, 0.05) is 15.4 Å². The number of fused-ring (bicyclic) bond motifs is 1. The second-order valence-corrected chi connectivity index (χ2v) is 6.14. The lowest BCUT2D eigenvalue weighted by atomic mass is 9.96. The van der Waals surface area contributed by atoms with E-state index in [2.05, 4.69) is 26.2 Å². The highest BCUT2D eigenvalue weighted by atomic mass is 79.9. The van der Waals surface area contributed by atoms with Gasteiger partial charge in [0.2, 0.25) is 0 Å². The largest absolute Gasteiger partial charge is 0.431 e. The van der Waals surface area contributed by atoms with Gasteiger partial charge in [-0.15, -0.1) is 0 Å². The number of alkyl halides is 3. The molecule has 1 aromatic carbocycles. The van der Waals surface area contributed by atoms with Crippen molar-refractivity contribution in [2.75, 3.05) is 13.1 Å². The highest BCUT2D eigenvalue weighted by Crippen LogP contribution is 2.37. The number of aromatic nitrogens is 1. The molecule has 6 heteroatoms. The maximum atomic E-state index is 13.2. The molecular weight excluding hydrogens is 333 g/mol. The van der Waals surface area contributed by atoms with Crippen LogP contribution in [0.1, 0.15) is 17.7 Å². The minimum absolute atomic E-state index is 0.277. The molecule has 0 radical (unpaired) electrons. The van der Waals surface area contributed by atoms with E-state index >= 15 is 0 Å². The highest BCUT2D eigenvalue weighted by Gasteiger charge is 2.37. The molecule has 20 heavy (non-hydrogen) atoms. The van der Waals surface area contributed by atoms with Gasteiger partial charge in [-0.05, 0) is 49.5 Å². The molecule has 2 heterocycles. The van der Waals surface area contributed by atoms with Crippen LogP contribution in [0.2, 0.25) is 0 Å². The molecule has 1 aliphatic heterocycles. The number of H-pyrrole nitrogens is 1. The molecule has 108 valence electrons. The molecule has 2 N–H and O–H groups in total. The highest BCUT2D eigenvalue weighted by molar-refractivity contribution is 9.10. The number of halogens is 4. The van der Waals surface area contributed by atoms with E-state index in [-0.39, 0.29) is 5.92 Å². The summed E-state index contributed by atoms with van der Waals surface area (Å²) in [6.07, 6.45) is -2.95. The second-order valence-electron chi connectivity index (χ2n) is 5.23. The van der Waals surface area contributed by atoms with E-state index in [4.69, 9.17) is 0 Å². The first kappa shape index (κ1) is 13.9. The standard InChI is InChI=1S/C14H14BrF3N2/c15-9-1-2-10-11(5-8-3-4-19-7-8)13(14(16,17)18)20-12(10)6-9/h1-2,6,8,19-20H,3-5,7H2. The maximum absolute atomic E-state index is 13.2. The van der Waals surface area contributed by atoms with Crippen LogP contribution in [0.5, 0.6) is 0 Å². The zero-order valence-corrected chi connectivity index (χ0v) is 12.2. The molecule has 3 rings (SSSR count). The van der Waals surface area contributed by atoms with Gasteiger partial charge in [-0.2, -0.15) is 13.2 Å². The predicted octanol–water partition coefficient (Wildman–Crippen LogP) is 4.10. The van der Waals surface area contributed by atoms with Crippen molar-refractivity contribution >= 4 is 26.8 Å². The minimum Gasteiger partial charge on any atom is -0.351 e. The molecule has 1 aromatic heterocycles. The summed E-state index contributed by atoms with van der Waals surface area (Å²) in [5.41, 5.74) is 0.332. The van der Waals surface area contributed by atoms with E-state index in [0.717, 1.165) is 24.0 Å². The van der Waals surface area contributed by atoms with Crippen molar-refractivity contribution in [3.05, 3.63) is 33.9 Å². The Hall–Kier alpha value is -1.01. The molecule has 1 fully saturated rings. The van der Waals surface area contributed by atoms with Gasteiger partial charge in [-0.3, -0.25) is 0 Å². The molecule has 1 aliphatic rings. The van der Waals surface area contributed by atoms with Gasteiger partial charge in [-0.1, -0.05) is 22.0 Å². The Morgan fingerprint density at radius 1 is 1.30 bits per heavy atom. The van der Waals surface area contributed by atoms with Gasteiger partial charge in [0.05, 0.1) is 0 Å². The van der Waals surface area contributed by atoms with E-state index < -0.39 is 11.9 Å². The van der Waals surface area contributed by atoms with Crippen molar-refractivity contribution in [3.63, 3.8) is 0 Å². The van der Waals surface area contributed by atoms with E-state index in [1.165, 1.54) is 0 Å². The van der Waals surface area contributed by atoms with Crippen LogP contribution < -0.4 is 5.32 Å². The van der Waals surface area contributed by atoms with Gasteiger partial charge >= 0.3 is 6.18 Å². The van der Waals surface area contributed by atoms with Crippen molar-refractivity contribution in [2.24, 2.45) is 5.92 Å². The third-order valence-corrected chi connectivity index (χ3v) is 4.30. The normalized spacial score (nSPS) is 19.9.